The van der Waals surface area contributed by atoms with E-state index < -0.39 is 16.8 Å². The Morgan fingerprint density at radius 2 is 2.00 bits per heavy atom. The van der Waals surface area contributed by atoms with Crippen LogP contribution >= 0.6 is 0 Å². The Hall–Kier alpha value is -1.34. The number of rotatable bonds is 3. The van der Waals surface area contributed by atoms with E-state index in [2.05, 4.69) is 24.8 Å². The molecular weight excluding hydrogens is 370 g/mol. The minimum atomic E-state index is -0.851. The lowest BCUT2D eigenvalue weighted by Crippen LogP contribution is -2.79. The second kappa shape index (κ2) is 5.88. The molecule has 6 rings (SSSR count). The molecule has 29 heavy (non-hydrogen) atoms. The van der Waals surface area contributed by atoms with Gasteiger partial charge in [0.2, 0.25) is 5.79 Å². The Bertz CT molecular complexity index is 850. The van der Waals surface area contributed by atoms with Gasteiger partial charge in [-0.05, 0) is 43.4 Å². The van der Waals surface area contributed by atoms with Gasteiger partial charge in [0.05, 0.1) is 31.3 Å². The van der Waals surface area contributed by atoms with Crippen molar-refractivity contribution in [2.24, 2.45) is 5.92 Å². The van der Waals surface area contributed by atoms with E-state index in [1.165, 1.54) is 5.56 Å². The number of ether oxygens (including phenoxy) is 4. The van der Waals surface area contributed by atoms with Crippen LogP contribution in [-0.4, -0.2) is 67.0 Å². The van der Waals surface area contributed by atoms with Crippen LogP contribution in [0, 0.1) is 5.92 Å². The van der Waals surface area contributed by atoms with E-state index in [0.29, 0.717) is 32.0 Å². The maximum Gasteiger partial charge on any atom is 0.207 e. The molecule has 2 spiro atoms. The van der Waals surface area contributed by atoms with Gasteiger partial charge in [-0.15, -0.1) is 0 Å². The second-order valence-electron chi connectivity index (χ2n) is 9.89. The third-order valence-corrected chi connectivity index (χ3v) is 8.16. The molecular formula is C23H31NO5. The monoisotopic (exact) mass is 401 g/mol. The van der Waals surface area contributed by atoms with Crippen molar-refractivity contribution in [3.63, 3.8) is 0 Å². The first-order valence-electron chi connectivity index (χ1n) is 11.1. The van der Waals surface area contributed by atoms with Crippen molar-refractivity contribution in [1.82, 2.24) is 4.90 Å². The minimum absolute atomic E-state index is 0.0929. The molecule has 3 heterocycles. The highest BCUT2D eigenvalue weighted by Crippen LogP contribution is 2.68. The van der Waals surface area contributed by atoms with Crippen LogP contribution in [0.3, 0.4) is 0 Å². The summed E-state index contributed by atoms with van der Waals surface area (Å²) in [6.45, 7) is 7.63. The van der Waals surface area contributed by atoms with E-state index in [-0.39, 0.29) is 12.1 Å². The van der Waals surface area contributed by atoms with E-state index >= 15 is 0 Å². The van der Waals surface area contributed by atoms with Gasteiger partial charge >= 0.3 is 0 Å². The summed E-state index contributed by atoms with van der Waals surface area (Å²) in [6.07, 6.45) is 2.68. The predicted molar refractivity (Wildman–Crippen MR) is 106 cm³/mol. The van der Waals surface area contributed by atoms with Gasteiger partial charge in [-0.1, -0.05) is 19.9 Å². The van der Waals surface area contributed by atoms with Crippen LogP contribution in [0.15, 0.2) is 12.1 Å². The molecule has 1 aromatic rings. The smallest absolute Gasteiger partial charge is 0.207 e. The summed E-state index contributed by atoms with van der Waals surface area (Å²) >= 11 is 0. The number of piperidine rings is 1. The summed E-state index contributed by atoms with van der Waals surface area (Å²) in [5.41, 5.74) is 1.07. The van der Waals surface area contributed by atoms with E-state index in [9.17, 15) is 5.11 Å². The van der Waals surface area contributed by atoms with Crippen LogP contribution in [0.1, 0.15) is 44.2 Å². The first kappa shape index (κ1) is 18.4. The standard InChI is InChI=1S/C23H31NO5/c1-14(2)13-24-9-8-21-18-15-4-5-16(26-3)19(18)29-20(21)23(27-10-11-28-23)7-6-22(21,25)17(24)12-15/h4-5,14,17,20,25H,6-13H2,1-3H3/t17-,20?,21+,22-/m1/s1. The van der Waals surface area contributed by atoms with Crippen molar-refractivity contribution >= 4 is 0 Å². The molecule has 3 aliphatic heterocycles. The van der Waals surface area contributed by atoms with Gasteiger partial charge in [0.15, 0.2) is 17.6 Å². The zero-order valence-electron chi connectivity index (χ0n) is 17.6. The van der Waals surface area contributed by atoms with Gasteiger partial charge < -0.3 is 24.1 Å². The first-order valence-corrected chi connectivity index (χ1v) is 11.1. The molecule has 0 radical (unpaired) electrons. The van der Waals surface area contributed by atoms with Crippen molar-refractivity contribution in [3.8, 4) is 11.5 Å². The Balaban J connectivity index is 1.58. The lowest BCUT2D eigenvalue weighted by molar-refractivity contribution is -0.297. The van der Waals surface area contributed by atoms with Crippen molar-refractivity contribution in [2.75, 3.05) is 33.4 Å². The molecule has 1 N–H and O–H groups in total. The number of fused-ring (bicyclic) bond motifs is 1. The SMILES string of the molecule is COc1ccc2c3c1OC1C4(CC[C@@]5(O)[C@@H](C2)N(CC(C)C)CC[C@]315)OCCO4. The average Bonchev–Trinajstić information content (AvgIpc) is 3.30. The zero-order chi connectivity index (χ0) is 20.0. The molecule has 158 valence electrons. The maximum atomic E-state index is 12.4. The third kappa shape index (κ3) is 2.06. The lowest BCUT2D eigenvalue weighted by atomic mass is 9.48. The highest BCUT2D eigenvalue weighted by molar-refractivity contribution is 5.63. The first-order chi connectivity index (χ1) is 14.0. The van der Waals surface area contributed by atoms with Crippen LogP contribution < -0.4 is 9.47 Å². The van der Waals surface area contributed by atoms with Crippen molar-refractivity contribution in [3.05, 3.63) is 23.3 Å². The molecule has 2 bridgehead atoms. The Morgan fingerprint density at radius 3 is 2.72 bits per heavy atom. The molecule has 1 saturated carbocycles. The molecule has 0 amide bonds. The second-order valence-corrected chi connectivity index (χ2v) is 9.89. The molecule has 0 aromatic heterocycles. The summed E-state index contributed by atoms with van der Waals surface area (Å²) in [7, 11) is 1.68. The van der Waals surface area contributed by atoms with Crippen LogP contribution in [0.25, 0.3) is 0 Å². The number of nitrogens with zero attached hydrogens (tertiary/aromatic N) is 1. The van der Waals surface area contributed by atoms with E-state index in [1.54, 1.807) is 7.11 Å². The highest BCUT2D eigenvalue weighted by Gasteiger charge is 2.77. The molecule has 5 aliphatic rings. The van der Waals surface area contributed by atoms with Gasteiger partial charge in [-0.2, -0.15) is 0 Å². The summed E-state index contributed by atoms with van der Waals surface area (Å²) in [5, 5.41) is 12.4. The molecule has 1 aromatic carbocycles. The zero-order valence-corrected chi connectivity index (χ0v) is 17.6. The molecule has 4 atom stereocenters. The van der Waals surface area contributed by atoms with Crippen LogP contribution in [0.2, 0.25) is 0 Å². The summed E-state index contributed by atoms with van der Waals surface area (Å²) < 4.78 is 24.8. The van der Waals surface area contributed by atoms with E-state index in [0.717, 1.165) is 43.0 Å². The summed E-state index contributed by atoms with van der Waals surface area (Å²) in [6, 6.07) is 4.28. The lowest BCUT2D eigenvalue weighted by Gasteiger charge is -2.65. The minimum Gasteiger partial charge on any atom is -0.493 e. The highest BCUT2D eigenvalue weighted by atomic mass is 16.8. The van der Waals surface area contributed by atoms with Crippen LogP contribution in [0.5, 0.6) is 11.5 Å². The van der Waals surface area contributed by atoms with Crippen molar-refractivity contribution in [1.29, 1.82) is 0 Å². The number of hydrogen-bond donors (Lipinski definition) is 1. The Morgan fingerprint density at radius 1 is 1.21 bits per heavy atom. The fraction of sp³-hybridized carbons (Fsp3) is 0.739. The molecule has 2 aliphatic carbocycles. The number of benzene rings is 1. The van der Waals surface area contributed by atoms with Gasteiger partial charge in [0.25, 0.3) is 0 Å². The molecule has 2 saturated heterocycles. The average molecular weight is 402 g/mol. The van der Waals surface area contributed by atoms with Gasteiger partial charge in [0.1, 0.15) is 0 Å². The number of likely N-dealkylation sites (tertiary alicyclic amines) is 1. The predicted octanol–water partition coefficient (Wildman–Crippen LogP) is 2.25. The third-order valence-electron chi connectivity index (χ3n) is 8.16. The Labute approximate surface area is 172 Å². The molecule has 6 heteroatoms. The van der Waals surface area contributed by atoms with Crippen molar-refractivity contribution < 1.29 is 24.1 Å². The van der Waals surface area contributed by atoms with Gasteiger partial charge in [-0.3, -0.25) is 4.90 Å². The van der Waals surface area contributed by atoms with Gasteiger partial charge in [-0.25, -0.2) is 0 Å². The quantitative estimate of drug-likeness (QED) is 0.838. The van der Waals surface area contributed by atoms with E-state index in [4.69, 9.17) is 18.9 Å². The van der Waals surface area contributed by atoms with Gasteiger partial charge in [0, 0.05) is 24.6 Å². The fourth-order valence-corrected chi connectivity index (χ4v) is 7.19. The van der Waals surface area contributed by atoms with Crippen molar-refractivity contribution in [2.45, 2.75) is 68.5 Å². The normalized spacial score (nSPS) is 38.9. The number of methoxy groups -OCH3 is 1. The number of aliphatic hydroxyl groups is 1. The molecule has 3 fully saturated rings. The summed E-state index contributed by atoms with van der Waals surface area (Å²) in [5.74, 6) is 1.33. The fourth-order valence-electron chi connectivity index (χ4n) is 7.19. The molecule has 6 nitrogen and oxygen atoms in total. The van der Waals surface area contributed by atoms with E-state index in [1.807, 2.05) is 6.07 Å². The maximum absolute atomic E-state index is 12.4. The largest absolute Gasteiger partial charge is 0.493 e. The molecule has 1 unspecified atom stereocenters. The van der Waals surface area contributed by atoms with Crippen LogP contribution in [-0.2, 0) is 21.3 Å². The van der Waals surface area contributed by atoms with Crippen LogP contribution in [0.4, 0.5) is 0 Å². The Kier molecular flexibility index (Phi) is 3.73. The summed E-state index contributed by atoms with van der Waals surface area (Å²) in [4.78, 5) is 2.52. The topological polar surface area (TPSA) is 60.4 Å². The number of hydrogen-bond acceptors (Lipinski definition) is 6.